The van der Waals surface area contributed by atoms with E-state index in [1.807, 2.05) is 0 Å². The van der Waals surface area contributed by atoms with Crippen molar-refractivity contribution in [3.05, 3.63) is 40.2 Å². The van der Waals surface area contributed by atoms with Crippen molar-refractivity contribution in [1.29, 1.82) is 0 Å². The van der Waals surface area contributed by atoms with E-state index in [2.05, 4.69) is 26.1 Å². The highest BCUT2D eigenvalue weighted by Crippen LogP contribution is 2.27. The smallest absolute Gasteiger partial charge is 0.124 e. The fourth-order valence-electron chi connectivity index (χ4n) is 1.28. The van der Waals surface area contributed by atoms with Crippen LogP contribution in [0.5, 0.6) is 0 Å². The van der Waals surface area contributed by atoms with E-state index in [1.165, 1.54) is 12.1 Å². The van der Waals surface area contributed by atoms with Gasteiger partial charge in [0, 0.05) is 10.0 Å². The summed E-state index contributed by atoms with van der Waals surface area (Å²) in [6, 6.07) is 6.10. The highest BCUT2D eigenvalue weighted by Gasteiger charge is 2.07. The lowest BCUT2D eigenvalue weighted by Crippen LogP contribution is -1.82. The zero-order valence-electron chi connectivity index (χ0n) is 7.67. The Kier molecular flexibility index (Phi) is 2.83. The van der Waals surface area contributed by atoms with Gasteiger partial charge < -0.3 is 5.11 Å². The predicted octanol–water partition coefficient (Wildman–Crippen LogP) is 2.47. The minimum atomic E-state index is -0.302. The molecule has 78 valence electrons. The number of H-pyrrole nitrogens is 1. The van der Waals surface area contributed by atoms with Crippen molar-refractivity contribution in [1.82, 2.24) is 10.2 Å². The predicted molar refractivity (Wildman–Crippen MR) is 57.6 cm³/mol. The second kappa shape index (κ2) is 4.12. The topological polar surface area (TPSA) is 48.9 Å². The van der Waals surface area contributed by atoms with Crippen LogP contribution < -0.4 is 0 Å². The standard InChI is InChI=1S/C10H8BrFN2O/c11-9-3-6(12)1-2-8(9)10-4-7(5-15)13-14-10/h1-4,15H,5H2,(H,13,14). The average molecular weight is 271 g/mol. The number of rotatable bonds is 2. The molecule has 0 aliphatic carbocycles. The quantitative estimate of drug-likeness (QED) is 0.881. The van der Waals surface area contributed by atoms with E-state index in [0.29, 0.717) is 15.9 Å². The van der Waals surface area contributed by atoms with Crippen LogP contribution in [0.4, 0.5) is 4.39 Å². The number of hydrogen-bond acceptors (Lipinski definition) is 2. The van der Waals surface area contributed by atoms with E-state index in [4.69, 9.17) is 5.11 Å². The lowest BCUT2D eigenvalue weighted by atomic mass is 10.1. The van der Waals surface area contributed by atoms with Crippen molar-refractivity contribution in [2.24, 2.45) is 0 Å². The molecule has 0 aliphatic heterocycles. The van der Waals surface area contributed by atoms with E-state index in [0.717, 1.165) is 5.56 Å². The van der Waals surface area contributed by atoms with Crippen LogP contribution in [0.3, 0.4) is 0 Å². The number of aliphatic hydroxyl groups is 1. The molecule has 0 fully saturated rings. The molecule has 0 aliphatic rings. The SMILES string of the molecule is OCc1cc(-c2ccc(F)cc2Br)n[nH]1. The van der Waals surface area contributed by atoms with Crippen molar-refractivity contribution in [2.45, 2.75) is 6.61 Å². The number of halogens is 2. The highest BCUT2D eigenvalue weighted by atomic mass is 79.9. The molecule has 0 atom stereocenters. The molecule has 2 aromatic rings. The number of nitrogens with zero attached hydrogens (tertiary/aromatic N) is 1. The first kappa shape index (κ1) is 10.3. The average Bonchev–Trinajstić information content (AvgIpc) is 2.66. The molecule has 0 saturated heterocycles. The van der Waals surface area contributed by atoms with Crippen LogP contribution in [0.25, 0.3) is 11.3 Å². The molecule has 1 aromatic carbocycles. The fraction of sp³-hybridized carbons (Fsp3) is 0.100. The van der Waals surface area contributed by atoms with E-state index in [9.17, 15) is 4.39 Å². The lowest BCUT2D eigenvalue weighted by Gasteiger charge is -1.99. The highest BCUT2D eigenvalue weighted by molar-refractivity contribution is 9.10. The minimum Gasteiger partial charge on any atom is -0.390 e. The number of nitrogens with one attached hydrogen (secondary N) is 1. The Morgan fingerprint density at radius 3 is 2.80 bits per heavy atom. The van der Waals surface area contributed by atoms with Crippen LogP contribution in [-0.4, -0.2) is 15.3 Å². The van der Waals surface area contributed by atoms with Crippen molar-refractivity contribution < 1.29 is 9.50 Å². The van der Waals surface area contributed by atoms with Gasteiger partial charge in [0.25, 0.3) is 0 Å². The zero-order valence-corrected chi connectivity index (χ0v) is 9.25. The van der Waals surface area contributed by atoms with Gasteiger partial charge in [0.2, 0.25) is 0 Å². The summed E-state index contributed by atoms with van der Waals surface area (Å²) in [6.45, 7) is -0.0915. The molecule has 1 heterocycles. The fourth-order valence-corrected chi connectivity index (χ4v) is 1.83. The Bertz CT molecular complexity index is 484. The van der Waals surface area contributed by atoms with Crippen LogP contribution in [0.15, 0.2) is 28.7 Å². The van der Waals surface area contributed by atoms with Gasteiger partial charge in [-0.05, 0) is 40.2 Å². The maximum Gasteiger partial charge on any atom is 0.124 e. The Morgan fingerprint density at radius 2 is 2.20 bits per heavy atom. The summed E-state index contributed by atoms with van der Waals surface area (Å²) in [5.41, 5.74) is 2.08. The summed E-state index contributed by atoms with van der Waals surface area (Å²) in [6.07, 6.45) is 0. The van der Waals surface area contributed by atoms with Crippen molar-refractivity contribution in [2.75, 3.05) is 0 Å². The van der Waals surface area contributed by atoms with Gasteiger partial charge in [-0.3, -0.25) is 5.10 Å². The van der Waals surface area contributed by atoms with Crippen LogP contribution >= 0.6 is 15.9 Å². The Hall–Kier alpha value is -1.20. The lowest BCUT2D eigenvalue weighted by molar-refractivity contribution is 0.276. The number of hydrogen-bond donors (Lipinski definition) is 2. The molecule has 15 heavy (non-hydrogen) atoms. The monoisotopic (exact) mass is 270 g/mol. The van der Waals surface area contributed by atoms with Crippen LogP contribution in [0.1, 0.15) is 5.69 Å². The maximum atomic E-state index is 12.8. The van der Waals surface area contributed by atoms with E-state index >= 15 is 0 Å². The largest absolute Gasteiger partial charge is 0.390 e. The molecule has 0 amide bonds. The van der Waals surface area contributed by atoms with Crippen molar-refractivity contribution >= 4 is 15.9 Å². The molecule has 0 spiro atoms. The van der Waals surface area contributed by atoms with Gasteiger partial charge >= 0.3 is 0 Å². The molecule has 0 unspecified atom stereocenters. The summed E-state index contributed by atoms with van der Waals surface area (Å²) >= 11 is 3.26. The van der Waals surface area contributed by atoms with Crippen LogP contribution in [-0.2, 0) is 6.61 Å². The summed E-state index contributed by atoms with van der Waals surface area (Å²) in [5, 5.41) is 15.6. The molecule has 0 saturated carbocycles. The van der Waals surface area contributed by atoms with E-state index in [1.54, 1.807) is 12.1 Å². The van der Waals surface area contributed by atoms with Gasteiger partial charge in [0.1, 0.15) is 5.82 Å². The third-order valence-corrected chi connectivity index (χ3v) is 2.66. The Morgan fingerprint density at radius 1 is 1.40 bits per heavy atom. The van der Waals surface area contributed by atoms with Crippen molar-refractivity contribution in [3.63, 3.8) is 0 Å². The normalized spacial score (nSPS) is 10.6. The Balaban J connectivity index is 2.44. The zero-order chi connectivity index (χ0) is 10.8. The first-order valence-electron chi connectivity index (χ1n) is 4.31. The first-order chi connectivity index (χ1) is 7.20. The van der Waals surface area contributed by atoms with Crippen LogP contribution in [0, 0.1) is 5.82 Å². The van der Waals surface area contributed by atoms with Gasteiger partial charge in [-0.2, -0.15) is 5.10 Å². The number of aromatic amines is 1. The number of benzene rings is 1. The molecule has 1 aromatic heterocycles. The second-order valence-corrected chi connectivity index (χ2v) is 3.92. The van der Waals surface area contributed by atoms with E-state index < -0.39 is 0 Å². The number of aromatic nitrogens is 2. The summed E-state index contributed by atoms with van der Waals surface area (Å²) in [7, 11) is 0. The molecular formula is C10H8BrFN2O. The van der Waals surface area contributed by atoms with Crippen LogP contribution in [0.2, 0.25) is 0 Å². The summed E-state index contributed by atoms with van der Waals surface area (Å²) < 4.78 is 13.5. The Labute approximate surface area is 94.1 Å². The maximum absolute atomic E-state index is 12.8. The molecular weight excluding hydrogens is 263 g/mol. The molecule has 0 radical (unpaired) electrons. The minimum absolute atomic E-state index is 0.0915. The number of aliphatic hydroxyl groups excluding tert-OH is 1. The van der Waals surface area contributed by atoms with Gasteiger partial charge in [0.15, 0.2) is 0 Å². The van der Waals surface area contributed by atoms with E-state index in [-0.39, 0.29) is 12.4 Å². The van der Waals surface area contributed by atoms with Gasteiger partial charge in [-0.25, -0.2) is 4.39 Å². The van der Waals surface area contributed by atoms with Crippen molar-refractivity contribution in [3.8, 4) is 11.3 Å². The molecule has 2 rings (SSSR count). The van der Waals surface area contributed by atoms with Gasteiger partial charge in [-0.1, -0.05) is 0 Å². The van der Waals surface area contributed by atoms with Gasteiger partial charge in [-0.15, -0.1) is 0 Å². The summed E-state index contributed by atoms with van der Waals surface area (Å²) in [5.74, 6) is -0.302. The molecule has 2 N–H and O–H groups in total. The third kappa shape index (κ3) is 2.08. The third-order valence-electron chi connectivity index (χ3n) is 2.01. The molecule has 0 bridgehead atoms. The van der Waals surface area contributed by atoms with Gasteiger partial charge in [0.05, 0.1) is 18.0 Å². The summed E-state index contributed by atoms with van der Waals surface area (Å²) in [4.78, 5) is 0. The molecule has 5 heteroatoms. The first-order valence-corrected chi connectivity index (χ1v) is 5.10. The molecule has 3 nitrogen and oxygen atoms in total. The second-order valence-electron chi connectivity index (χ2n) is 3.06.